The highest BCUT2D eigenvalue weighted by molar-refractivity contribution is 6.63. The third kappa shape index (κ3) is 9.06. The molecule has 47 heavy (non-hydrogen) atoms. The molecule has 0 spiro atoms. The molecule has 1 aliphatic rings. The Hall–Kier alpha value is -4.06. The summed E-state index contributed by atoms with van der Waals surface area (Å²) in [7, 11) is -0.437. The molecule has 4 aromatic rings. The van der Waals surface area contributed by atoms with Gasteiger partial charge >= 0.3 is 7.12 Å². The summed E-state index contributed by atoms with van der Waals surface area (Å²) in [5.41, 5.74) is 9.65. The van der Waals surface area contributed by atoms with Crippen LogP contribution < -0.4 is 5.46 Å². The molecule has 0 aromatic heterocycles. The maximum Gasteiger partial charge on any atom is 0.495 e. The molecule has 0 aliphatic carbocycles. The molecule has 1 saturated heterocycles. The third-order valence-corrected chi connectivity index (χ3v) is 8.18. The van der Waals surface area contributed by atoms with E-state index in [9.17, 15) is 0 Å². The average Bonchev–Trinajstić information content (AvgIpc) is 3.33. The first-order valence-electron chi connectivity index (χ1n) is 17.0. The lowest BCUT2D eigenvalue weighted by Crippen LogP contribution is -2.41. The minimum Gasteiger partial charge on any atom is -0.399 e. The molecular weight excluding hydrogens is 575 g/mol. The molecule has 1 aliphatic heterocycles. The Morgan fingerprint density at radius 3 is 1.85 bits per heavy atom. The van der Waals surface area contributed by atoms with Gasteiger partial charge in [0.1, 0.15) is 0 Å². The van der Waals surface area contributed by atoms with Crippen LogP contribution in [0.3, 0.4) is 0 Å². The highest BCUT2D eigenvalue weighted by Gasteiger charge is 2.52. The van der Waals surface area contributed by atoms with Crippen LogP contribution in [0.4, 0.5) is 0 Å². The molecule has 0 unspecified atom stereocenters. The lowest BCUT2D eigenvalue weighted by atomic mass is 9.74. The Bertz CT molecular complexity index is 1620. The average molecular weight is 631 g/mol. The van der Waals surface area contributed by atoms with E-state index in [4.69, 9.17) is 9.31 Å². The van der Waals surface area contributed by atoms with Gasteiger partial charge < -0.3 is 9.31 Å². The topological polar surface area (TPSA) is 43.2 Å². The van der Waals surface area contributed by atoms with Crippen molar-refractivity contribution in [2.45, 2.75) is 93.9 Å². The summed E-state index contributed by atoms with van der Waals surface area (Å²) in [5, 5.41) is 0. The molecule has 0 bridgehead atoms. The van der Waals surface area contributed by atoms with Crippen LogP contribution in [0.5, 0.6) is 0 Å². The van der Waals surface area contributed by atoms with Crippen molar-refractivity contribution < 1.29 is 9.31 Å². The van der Waals surface area contributed by atoms with E-state index in [1.807, 2.05) is 66.7 Å². The summed E-state index contributed by atoms with van der Waals surface area (Å²) < 4.78 is 12.8. The van der Waals surface area contributed by atoms with Crippen LogP contribution in [0.1, 0.15) is 87.3 Å². The van der Waals surface area contributed by atoms with E-state index >= 15 is 0 Å². The number of rotatable bonds is 8. The second kappa shape index (κ2) is 18.3. The molecule has 0 amide bonds. The fourth-order valence-electron chi connectivity index (χ4n) is 5.26. The van der Waals surface area contributed by atoms with Gasteiger partial charge in [-0.3, -0.25) is 9.98 Å². The van der Waals surface area contributed by atoms with Gasteiger partial charge in [-0.15, -0.1) is 0 Å². The summed E-state index contributed by atoms with van der Waals surface area (Å²) in [5.74, 6) is 0. The van der Waals surface area contributed by atoms with Crippen molar-refractivity contribution in [3.8, 4) is 33.4 Å². The standard InChI is InChI=1S/C36H37BN2O2.3C2H6/c1-8-39-25(2)30-16-9-10-18-32(30)33-23-27(20-21-29(33)24-38-7)26-14-13-15-28(22-26)31-17-11-12-19-34(31)37-40-35(3,4)36(5,6)41-37;3*1-2/h8-23H,2,7,24H2,1,3-6H3;3*1-2H3. The molecule has 1 fully saturated rings. The fourth-order valence-corrected chi connectivity index (χ4v) is 5.26. The van der Waals surface area contributed by atoms with Crippen LogP contribution in [0.25, 0.3) is 39.1 Å². The molecule has 5 heteroatoms. The molecule has 4 nitrogen and oxygen atoms in total. The van der Waals surface area contributed by atoms with Gasteiger partial charge in [0.2, 0.25) is 0 Å². The van der Waals surface area contributed by atoms with Gasteiger partial charge in [-0.2, -0.15) is 0 Å². The van der Waals surface area contributed by atoms with Gasteiger partial charge in [0.15, 0.2) is 0 Å². The molecule has 0 N–H and O–H groups in total. The van der Waals surface area contributed by atoms with E-state index in [1.54, 1.807) is 6.21 Å². The Morgan fingerprint density at radius 2 is 1.23 bits per heavy atom. The lowest BCUT2D eigenvalue weighted by Gasteiger charge is -2.32. The normalized spacial score (nSPS) is 14.1. The Morgan fingerprint density at radius 1 is 0.681 bits per heavy atom. The third-order valence-electron chi connectivity index (χ3n) is 8.18. The van der Waals surface area contributed by atoms with Gasteiger partial charge in [0.25, 0.3) is 0 Å². The SMILES string of the molecule is C=NCc1ccc(-c2cccc(-c3ccccc3B3OC(C)(C)C(C)(C)O3)c2)cc1-c1ccccc1C(=C)N=CC.CC.CC.CC. The summed E-state index contributed by atoms with van der Waals surface area (Å²) >= 11 is 0. The maximum atomic E-state index is 6.42. The minimum absolute atomic E-state index is 0.408. The molecule has 0 radical (unpaired) electrons. The zero-order valence-electron chi connectivity index (χ0n) is 30.6. The van der Waals surface area contributed by atoms with Gasteiger partial charge in [-0.25, -0.2) is 0 Å². The van der Waals surface area contributed by atoms with E-state index in [2.05, 4.69) is 124 Å². The smallest absolute Gasteiger partial charge is 0.399 e. The number of hydrogen-bond acceptors (Lipinski definition) is 4. The van der Waals surface area contributed by atoms with E-state index in [0.29, 0.717) is 6.54 Å². The Balaban J connectivity index is 0.00000121. The van der Waals surface area contributed by atoms with Gasteiger partial charge in [0.05, 0.1) is 23.4 Å². The second-order valence-corrected chi connectivity index (χ2v) is 11.4. The fraction of sp³-hybridized carbons (Fsp3) is 0.333. The monoisotopic (exact) mass is 630 g/mol. The molecular formula is C42H55BN2O2. The van der Waals surface area contributed by atoms with Gasteiger partial charge in [-0.1, -0.05) is 127 Å². The highest BCUT2D eigenvalue weighted by Crippen LogP contribution is 2.38. The van der Waals surface area contributed by atoms with Crippen molar-refractivity contribution in [3.63, 3.8) is 0 Å². The van der Waals surface area contributed by atoms with E-state index in [1.165, 1.54) is 0 Å². The first kappa shape index (κ1) is 39.1. The highest BCUT2D eigenvalue weighted by atomic mass is 16.7. The lowest BCUT2D eigenvalue weighted by molar-refractivity contribution is 0.00578. The zero-order chi connectivity index (χ0) is 35.2. The number of nitrogens with zero attached hydrogens (tertiary/aromatic N) is 2. The van der Waals surface area contributed by atoms with Crippen molar-refractivity contribution >= 4 is 31.2 Å². The quantitative estimate of drug-likeness (QED) is 0.144. The summed E-state index contributed by atoms with van der Waals surface area (Å²) in [6.45, 7) is 30.7. The number of benzene rings is 4. The van der Waals surface area contributed by atoms with Crippen LogP contribution in [-0.4, -0.2) is 31.3 Å². The molecule has 1 heterocycles. The molecule has 5 rings (SSSR count). The van der Waals surface area contributed by atoms with Crippen molar-refractivity contribution in [1.82, 2.24) is 0 Å². The molecule has 248 valence electrons. The van der Waals surface area contributed by atoms with E-state index in [-0.39, 0.29) is 0 Å². The van der Waals surface area contributed by atoms with Crippen LogP contribution in [0, 0.1) is 0 Å². The van der Waals surface area contributed by atoms with Crippen molar-refractivity contribution in [2.75, 3.05) is 0 Å². The first-order chi connectivity index (χ1) is 22.6. The summed E-state index contributed by atoms with van der Waals surface area (Å²) in [4.78, 5) is 8.67. The van der Waals surface area contributed by atoms with Gasteiger partial charge in [0, 0.05) is 11.8 Å². The van der Waals surface area contributed by atoms with Crippen LogP contribution in [0.2, 0.25) is 0 Å². The Labute approximate surface area is 285 Å². The Kier molecular flexibility index (Phi) is 15.3. The van der Waals surface area contributed by atoms with Crippen LogP contribution in [-0.2, 0) is 15.9 Å². The molecule has 4 aromatic carbocycles. The van der Waals surface area contributed by atoms with Crippen molar-refractivity contribution in [3.05, 3.63) is 109 Å². The summed E-state index contributed by atoms with van der Waals surface area (Å²) in [6, 6.07) is 31.8. The van der Waals surface area contributed by atoms with Crippen LogP contribution in [0.15, 0.2) is 108 Å². The first-order valence-corrected chi connectivity index (χ1v) is 17.0. The van der Waals surface area contributed by atoms with E-state index < -0.39 is 18.3 Å². The maximum absolute atomic E-state index is 6.42. The second-order valence-electron chi connectivity index (χ2n) is 11.4. The van der Waals surface area contributed by atoms with Gasteiger partial charge in [-0.05, 0) is 97.9 Å². The molecule has 0 atom stereocenters. The predicted octanol–water partition coefficient (Wildman–Crippen LogP) is 11.3. The predicted molar refractivity (Wildman–Crippen MR) is 209 cm³/mol. The largest absolute Gasteiger partial charge is 0.495 e. The zero-order valence-corrected chi connectivity index (χ0v) is 30.6. The van der Waals surface area contributed by atoms with E-state index in [0.717, 1.165) is 55.7 Å². The summed E-state index contributed by atoms with van der Waals surface area (Å²) in [6.07, 6.45) is 1.77. The number of hydrogen-bond donors (Lipinski definition) is 0. The van der Waals surface area contributed by atoms with Crippen molar-refractivity contribution in [2.24, 2.45) is 9.98 Å². The van der Waals surface area contributed by atoms with Crippen molar-refractivity contribution in [1.29, 1.82) is 0 Å². The van der Waals surface area contributed by atoms with Crippen LogP contribution >= 0.6 is 0 Å². The minimum atomic E-state index is -0.437. The molecule has 0 saturated carbocycles. The number of aliphatic imine (C=N–C) groups is 2.